The van der Waals surface area contributed by atoms with Crippen LogP contribution in [-0.4, -0.2) is 27.8 Å². The minimum absolute atomic E-state index is 0.131. The van der Waals surface area contributed by atoms with Gasteiger partial charge in [0.25, 0.3) is 0 Å². The molecule has 1 spiro atoms. The molecule has 2 heterocycles. The lowest BCUT2D eigenvalue weighted by Crippen LogP contribution is -2.53. The molecule has 2 aliphatic carbocycles. The summed E-state index contributed by atoms with van der Waals surface area (Å²) in [6.07, 6.45) is 13.5. The number of hydrogen-bond donors (Lipinski definition) is 0. The summed E-state index contributed by atoms with van der Waals surface area (Å²) in [4.78, 5) is 0. The Bertz CT molecular complexity index is 960. The largest absolute Gasteiger partial charge is 0.343 e. The normalized spacial score (nSPS) is 29.0. The second-order valence-electron chi connectivity index (χ2n) is 9.98. The number of ether oxygens (including phenoxy) is 2. The maximum Gasteiger partial charge on any atom is 0.178 e. The average Bonchev–Trinajstić information content (AvgIpc) is 3.31. The minimum atomic E-state index is -0.500. The van der Waals surface area contributed by atoms with Crippen molar-refractivity contribution in [3.05, 3.63) is 52.9 Å². The second-order valence-corrected chi connectivity index (χ2v) is 9.98. The van der Waals surface area contributed by atoms with Crippen molar-refractivity contribution in [2.45, 2.75) is 97.1 Å². The first-order valence-corrected chi connectivity index (χ1v) is 12.2. The van der Waals surface area contributed by atoms with E-state index in [1.54, 1.807) is 0 Å². The molecule has 3 atom stereocenters. The van der Waals surface area contributed by atoms with Gasteiger partial charge in [-0.3, -0.25) is 0 Å². The highest BCUT2D eigenvalue weighted by Gasteiger charge is 2.61. The standard InChI is InChI=1S/C27H36N2O2/c1-5-8-24-25(9-6-2)31-27(30-24)15-7-10-21-16-23-20(17-26(21,27)4)18-28-29(23)22-13-11-19(3)12-14-22/h11-14,16,18,24-25H,5-10,15,17H2,1-4H3/t24-,25-,26+/m1/s1. The van der Waals surface area contributed by atoms with Gasteiger partial charge in [0.2, 0.25) is 0 Å². The van der Waals surface area contributed by atoms with Crippen LogP contribution in [0, 0.1) is 12.3 Å². The molecular formula is C27H36N2O2. The van der Waals surface area contributed by atoms with Crippen molar-refractivity contribution in [2.24, 2.45) is 5.41 Å². The van der Waals surface area contributed by atoms with Crippen LogP contribution in [0.2, 0.25) is 0 Å². The fourth-order valence-electron chi connectivity index (χ4n) is 6.01. The fraction of sp³-hybridized carbons (Fsp3) is 0.593. The van der Waals surface area contributed by atoms with Crippen LogP contribution in [-0.2, 0) is 15.9 Å². The number of hydrogen-bond acceptors (Lipinski definition) is 3. The van der Waals surface area contributed by atoms with Crippen molar-refractivity contribution < 1.29 is 9.47 Å². The molecule has 1 saturated heterocycles. The molecule has 4 nitrogen and oxygen atoms in total. The lowest BCUT2D eigenvalue weighted by atomic mass is 9.62. The van der Waals surface area contributed by atoms with Gasteiger partial charge >= 0.3 is 0 Å². The van der Waals surface area contributed by atoms with Gasteiger partial charge in [0.1, 0.15) is 0 Å². The Labute approximate surface area is 186 Å². The van der Waals surface area contributed by atoms with Crippen molar-refractivity contribution >= 4 is 6.08 Å². The van der Waals surface area contributed by atoms with E-state index < -0.39 is 5.79 Å². The fourth-order valence-corrected chi connectivity index (χ4v) is 6.01. The maximum atomic E-state index is 6.90. The van der Waals surface area contributed by atoms with Crippen LogP contribution in [0.25, 0.3) is 11.8 Å². The van der Waals surface area contributed by atoms with Gasteiger partial charge in [0.05, 0.1) is 29.8 Å². The summed E-state index contributed by atoms with van der Waals surface area (Å²) < 4.78 is 15.9. The van der Waals surface area contributed by atoms with Crippen LogP contribution in [0.5, 0.6) is 0 Å². The predicted molar refractivity (Wildman–Crippen MR) is 124 cm³/mol. The SMILES string of the molecule is CCC[C@H]1OC2(CCCC3=Cc4c(cnn4-c4ccc(C)cc4)C[C@@]32C)O[C@@H]1CCC. The molecule has 166 valence electrons. The molecule has 4 heteroatoms. The molecular weight excluding hydrogens is 384 g/mol. The van der Waals surface area contributed by atoms with Gasteiger partial charge in [-0.1, -0.05) is 56.9 Å². The molecule has 0 bridgehead atoms. The van der Waals surface area contributed by atoms with Crippen LogP contribution in [0.15, 0.2) is 36.0 Å². The van der Waals surface area contributed by atoms with Crippen LogP contribution < -0.4 is 0 Å². The van der Waals surface area contributed by atoms with Crippen LogP contribution in [0.3, 0.4) is 0 Å². The molecule has 2 aromatic rings. The Balaban J connectivity index is 1.52. The summed E-state index contributed by atoms with van der Waals surface area (Å²) in [5.41, 5.74) is 6.25. The molecule has 0 N–H and O–H groups in total. The van der Waals surface area contributed by atoms with E-state index in [0.29, 0.717) is 0 Å². The van der Waals surface area contributed by atoms with E-state index in [1.165, 1.54) is 22.4 Å². The number of rotatable bonds is 5. The van der Waals surface area contributed by atoms with Gasteiger partial charge in [0, 0.05) is 11.8 Å². The lowest BCUT2D eigenvalue weighted by molar-refractivity contribution is -0.248. The number of fused-ring (bicyclic) bond motifs is 3. The highest BCUT2D eigenvalue weighted by atomic mass is 16.8. The quantitative estimate of drug-likeness (QED) is 0.562. The average molecular weight is 421 g/mol. The van der Waals surface area contributed by atoms with Crippen LogP contribution >= 0.6 is 0 Å². The highest BCUT2D eigenvalue weighted by molar-refractivity contribution is 5.62. The Morgan fingerprint density at radius 1 is 1.06 bits per heavy atom. The van der Waals surface area contributed by atoms with E-state index >= 15 is 0 Å². The number of benzene rings is 1. The van der Waals surface area contributed by atoms with Gasteiger partial charge in [-0.25, -0.2) is 4.68 Å². The van der Waals surface area contributed by atoms with E-state index in [-0.39, 0.29) is 17.6 Å². The van der Waals surface area contributed by atoms with Crippen molar-refractivity contribution in [3.63, 3.8) is 0 Å². The van der Waals surface area contributed by atoms with E-state index in [2.05, 4.69) is 68.9 Å². The third-order valence-corrected chi connectivity index (χ3v) is 7.77. The van der Waals surface area contributed by atoms with Crippen molar-refractivity contribution in [1.82, 2.24) is 9.78 Å². The maximum absolute atomic E-state index is 6.90. The van der Waals surface area contributed by atoms with E-state index in [4.69, 9.17) is 14.6 Å². The molecule has 31 heavy (non-hydrogen) atoms. The molecule has 2 fully saturated rings. The first kappa shape index (κ1) is 21.0. The molecule has 5 rings (SSSR count). The zero-order chi connectivity index (χ0) is 21.6. The summed E-state index contributed by atoms with van der Waals surface area (Å²) >= 11 is 0. The summed E-state index contributed by atoms with van der Waals surface area (Å²) in [6.45, 7) is 8.99. The van der Waals surface area contributed by atoms with Crippen molar-refractivity contribution in [3.8, 4) is 5.69 Å². The van der Waals surface area contributed by atoms with Crippen molar-refractivity contribution in [2.75, 3.05) is 0 Å². The molecule has 0 unspecified atom stereocenters. The summed E-state index contributed by atoms with van der Waals surface area (Å²) in [5, 5.41) is 4.78. The van der Waals surface area contributed by atoms with Gasteiger partial charge in [-0.2, -0.15) is 5.10 Å². The Morgan fingerprint density at radius 2 is 1.74 bits per heavy atom. The van der Waals surface area contributed by atoms with E-state index in [0.717, 1.165) is 57.1 Å². The van der Waals surface area contributed by atoms with E-state index in [1.807, 2.05) is 0 Å². The van der Waals surface area contributed by atoms with Crippen LogP contribution in [0.1, 0.15) is 82.5 Å². The zero-order valence-corrected chi connectivity index (χ0v) is 19.5. The molecule has 3 aliphatic rings. The smallest absolute Gasteiger partial charge is 0.178 e. The van der Waals surface area contributed by atoms with Crippen LogP contribution in [0.4, 0.5) is 0 Å². The highest BCUT2D eigenvalue weighted by Crippen LogP contribution is 2.58. The monoisotopic (exact) mass is 420 g/mol. The first-order valence-electron chi connectivity index (χ1n) is 12.2. The number of nitrogens with zero attached hydrogens (tertiary/aromatic N) is 2. The second kappa shape index (κ2) is 7.90. The summed E-state index contributed by atoms with van der Waals surface area (Å²) in [5.74, 6) is -0.500. The Kier molecular flexibility index (Phi) is 5.34. The first-order chi connectivity index (χ1) is 15.0. The molecule has 1 aliphatic heterocycles. The van der Waals surface area contributed by atoms with Crippen molar-refractivity contribution in [1.29, 1.82) is 0 Å². The topological polar surface area (TPSA) is 36.3 Å². The van der Waals surface area contributed by atoms with E-state index in [9.17, 15) is 0 Å². The summed E-state index contributed by atoms with van der Waals surface area (Å²) in [7, 11) is 0. The van der Waals surface area contributed by atoms with Gasteiger partial charge in [-0.05, 0) is 62.8 Å². The Hall–Kier alpha value is -1.91. The predicted octanol–water partition coefficient (Wildman–Crippen LogP) is 6.39. The molecule has 1 aromatic carbocycles. The molecule has 1 aromatic heterocycles. The molecule has 0 radical (unpaired) electrons. The van der Waals surface area contributed by atoms with Gasteiger partial charge in [0.15, 0.2) is 5.79 Å². The number of aromatic nitrogens is 2. The molecule has 1 saturated carbocycles. The minimum Gasteiger partial charge on any atom is -0.343 e. The molecule has 0 amide bonds. The third kappa shape index (κ3) is 3.30. The van der Waals surface area contributed by atoms with Gasteiger partial charge < -0.3 is 9.47 Å². The third-order valence-electron chi connectivity index (χ3n) is 7.77. The Morgan fingerprint density at radius 3 is 2.39 bits per heavy atom. The summed E-state index contributed by atoms with van der Waals surface area (Å²) in [6, 6.07) is 8.62. The zero-order valence-electron chi connectivity index (χ0n) is 19.5. The number of aryl methyl sites for hydroxylation is 1. The van der Waals surface area contributed by atoms with Gasteiger partial charge in [-0.15, -0.1) is 0 Å². The lowest BCUT2D eigenvalue weighted by Gasteiger charge is -2.51.